The lowest BCUT2D eigenvalue weighted by molar-refractivity contribution is -0.385. The number of ether oxygens (including phenoxy) is 5. The third-order valence-corrected chi connectivity index (χ3v) is 5.95. The van der Waals surface area contributed by atoms with E-state index in [2.05, 4.69) is 4.99 Å². The predicted molar refractivity (Wildman–Crippen MR) is 126 cm³/mol. The fourth-order valence-corrected chi connectivity index (χ4v) is 4.35. The summed E-state index contributed by atoms with van der Waals surface area (Å²) in [5.41, 5.74) is -0.269. The molecule has 0 saturated heterocycles. The van der Waals surface area contributed by atoms with Crippen LogP contribution in [0.1, 0.15) is 17.3 Å². The molecule has 0 unspecified atom stereocenters. The van der Waals surface area contributed by atoms with Crippen LogP contribution in [-0.2, 0) is 16.1 Å². The van der Waals surface area contributed by atoms with Gasteiger partial charge in [-0.1, -0.05) is 11.3 Å². The van der Waals surface area contributed by atoms with Crippen molar-refractivity contribution in [3.8, 4) is 23.0 Å². The lowest BCUT2D eigenvalue weighted by Gasteiger charge is -2.09. The van der Waals surface area contributed by atoms with Gasteiger partial charge in [0.05, 0.1) is 56.3 Å². The molecule has 0 fully saturated rings. The number of methoxy groups -OCH3 is 4. The Balaban J connectivity index is 2.25. The highest BCUT2D eigenvalue weighted by Gasteiger charge is 2.25. The topological polar surface area (TPSA) is 141 Å². The van der Waals surface area contributed by atoms with E-state index in [9.17, 15) is 19.7 Å². The summed E-state index contributed by atoms with van der Waals surface area (Å²) in [6.07, 6.45) is 0. The molecule has 0 aliphatic heterocycles. The number of nitro benzene ring substituents is 1. The number of carbonyl (C=O) groups excluding carboxylic acids is 2. The second kappa shape index (κ2) is 10.9. The maximum Gasteiger partial charge on any atom is 0.326 e. The first-order valence-corrected chi connectivity index (χ1v) is 11.0. The monoisotopic (exact) mass is 505 g/mol. The number of nitrogens with zero attached hydrogens (tertiary/aromatic N) is 3. The fraction of sp³-hybridized carbons (Fsp3) is 0.318. The molecule has 1 heterocycles. The molecule has 0 saturated carbocycles. The molecular weight excluding hydrogens is 482 g/mol. The number of fused-ring (bicyclic) bond motifs is 1. The quantitative estimate of drug-likeness (QED) is 0.244. The Morgan fingerprint density at radius 1 is 0.971 bits per heavy atom. The summed E-state index contributed by atoms with van der Waals surface area (Å²) in [6.45, 7) is 1.60. The molecule has 0 bridgehead atoms. The van der Waals surface area contributed by atoms with Crippen LogP contribution < -0.4 is 23.7 Å². The van der Waals surface area contributed by atoms with E-state index in [1.54, 1.807) is 19.1 Å². The van der Waals surface area contributed by atoms with Crippen molar-refractivity contribution in [3.05, 3.63) is 44.7 Å². The highest BCUT2D eigenvalue weighted by Crippen LogP contribution is 2.35. The third-order valence-electron chi connectivity index (χ3n) is 4.91. The fourth-order valence-electron chi connectivity index (χ4n) is 3.31. The maximum atomic E-state index is 13.2. The minimum atomic E-state index is -0.902. The SMILES string of the molecule is CCOC(=O)Cn1c(=NC(=O)c2cc(OC)c(OC)cc2[N+](=O)[O-])sc2cc(OC)c(OC)cc21. The van der Waals surface area contributed by atoms with Crippen molar-refractivity contribution in [2.45, 2.75) is 13.5 Å². The molecule has 0 aliphatic rings. The van der Waals surface area contributed by atoms with Crippen LogP contribution in [0.25, 0.3) is 10.2 Å². The van der Waals surface area contributed by atoms with Gasteiger partial charge in [0.2, 0.25) is 0 Å². The molecule has 13 heteroatoms. The summed E-state index contributed by atoms with van der Waals surface area (Å²) in [5, 5.41) is 11.6. The zero-order chi connectivity index (χ0) is 25.7. The zero-order valence-corrected chi connectivity index (χ0v) is 20.5. The zero-order valence-electron chi connectivity index (χ0n) is 19.6. The number of esters is 1. The summed E-state index contributed by atoms with van der Waals surface area (Å²) in [4.78, 5) is 40.6. The molecule has 35 heavy (non-hydrogen) atoms. The Hall–Kier alpha value is -4.13. The lowest BCUT2D eigenvalue weighted by atomic mass is 10.1. The molecule has 3 rings (SSSR count). The van der Waals surface area contributed by atoms with Gasteiger partial charge in [-0.25, -0.2) is 0 Å². The van der Waals surface area contributed by atoms with Crippen molar-refractivity contribution in [1.29, 1.82) is 0 Å². The molecule has 12 nitrogen and oxygen atoms in total. The van der Waals surface area contributed by atoms with E-state index >= 15 is 0 Å². The van der Waals surface area contributed by atoms with Gasteiger partial charge in [0.1, 0.15) is 12.1 Å². The van der Waals surface area contributed by atoms with E-state index in [-0.39, 0.29) is 35.0 Å². The predicted octanol–water partition coefficient (Wildman–Crippen LogP) is 2.95. The Kier molecular flexibility index (Phi) is 7.91. The Morgan fingerprint density at radius 2 is 1.54 bits per heavy atom. The number of nitro groups is 1. The molecule has 3 aromatic rings. The number of rotatable bonds is 9. The van der Waals surface area contributed by atoms with Crippen molar-refractivity contribution in [3.63, 3.8) is 0 Å². The van der Waals surface area contributed by atoms with E-state index in [4.69, 9.17) is 23.7 Å². The average molecular weight is 506 g/mol. The summed E-state index contributed by atoms with van der Waals surface area (Å²) in [6, 6.07) is 5.61. The molecule has 1 aromatic heterocycles. The molecule has 2 aromatic carbocycles. The van der Waals surface area contributed by atoms with Gasteiger partial charge in [0, 0.05) is 18.2 Å². The van der Waals surface area contributed by atoms with Crippen molar-refractivity contribution in [1.82, 2.24) is 4.57 Å². The van der Waals surface area contributed by atoms with Crippen LogP contribution in [-0.4, -0.2) is 56.4 Å². The smallest absolute Gasteiger partial charge is 0.326 e. The first-order valence-electron chi connectivity index (χ1n) is 10.2. The van der Waals surface area contributed by atoms with Gasteiger partial charge in [-0.05, 0) is 6.92 Å². The number of aromatic nitrogens is 1. The van der Waals surface area contributed by atoms with Gasteiger partial charge in [-0.2, -0.15) is 4.99 Å². The number of amides is 1. The minimum Gasteiger partial charge on any atom is -0.493 e. The Morgan fingerprint density at radius 3 is 2.11 bits per heavy atom. The molecule has 0 radical (unpaired) electrons. The Labute approximate surface area is 203 Å². The minimum absolute atomic E-state index is 0.0918. The van der Waals surface area contributed by atoms with Crippen LogP contribution in [0.2, 0.25) is 0 Å². The van der Waals surface area contributed by atoms with Crippen molar-refractivity contribution in [2.75, 3.05) is 35.0 Å². The summed E-state index contributed by atoms with van der Waals surface area (Å²) >= 11 is 1.09. The van der Waals surface area contributed by atoms with E-state index in [1.165, 1.54) is 39.1 Å². The summed E-state index contributed by atoms with van der Waals surface area (Å²) in [7, 11) is 5.62. The first kappa shape index (κ1) is 25.5. The first-order chi connectivity index (χ1) is 16.8. The molecular formula is C22H23N3O9S. The normalized spacial score (nSPS) is 11.3. The van der Waals surface area contributed by atoms with Gasteiger partial charge >= 0.3 is 5.97 Å². The van der Waals surface area contributed by atoms with Gasteiger partial charge in [0.25, 0.3) is 11.6 Å². The van der Waals surface area contributed by atoms with E-state index in [0.29, 0.717) is 21.7 Å². The van der Waals surface area contributed by atoms with Crippen molar-refractivity contribution < 1.29 is 38.2 Å². The highest BCUT2D eigenvalue weighted by molar-refractivity contribution is 7.16. The molecule has 0 atom stereocenters. The number of hydrogen-bond acceptors (Lipinski definition) is 10. The second-order valence-corrected chi connectivity index (χ2v) is 7.86. The largest absolute Gasteiger partial charge is 0.493 e. The molecule has 0 spiro atoms. The summed E-state index contributed by atoms with van der Waals surface area (Å²) < 4.78 is 28.1. The van der Waals surface area contributed by atoms with E-state index in [1.807, 2.05) is 0 Å². The number of thiazole rings is 1. The molecule has 186 valence electrons. The Bertz CT molecular complexity index is 1360. The van der Waals surface area contributed by atoms with Crippen LogP contribution in [0.5, 0.6) is 23.0 Å². The maximum absolute atomic E-state index is 13.2. The van der Waals surface area contributed by atoms with Gasteiger partial charge in [-0.3, -0.25) is 19.7 Å². The average Bonchev–Trinajstić information content (AvgIpc) is 3.17. The number of hydrogen-bond donors (Lipinski definition) is 0. The van der Waals surface area contributed by atoms with Crippen molar-refractivity contribution in [2.24, 2.45) is 4.99 Å². The van der Waals surface area contributed by atoms with Crippen LogP contribution in [0.3, 0.4) is 0 Å². The number of carbonyl (C=O) groups is 2. The van der Waals surface area contributed by atoms with Gasteiger partial charge < -0.3 is 28.3 Å². The van der Waals surface area contributed by atoms with E-state index < -0.39 is 22.5 Å². The van der Waals surface area contributed by atoms with Crippen molar-refractivity contribution >= 4 is 39.1 Å². The third kappa shape index (κ3) is 5.19. The number of benzene rings is 2. The van der Waals surface area contributed by atoms with Crippen LogP contribution in [0.4, 0.5) is 5.69 Å². The highest BCUT2D eigenvalue weighted by atomic mass is 32.1. The summed E-state index contributed by atoms with van der Waals surface area (Å²) in [5.74, 6) is -0.383. The van der Waals surface area contributed by atoms with Gasteiger partial charge in [-0.15, -0.1) is 0 Å². The second-order valence-electron chi connectivity index (χ2n) is 6.85. The van der Waals surface area contributed by atoms with Crippen LogP contribution in [0, 0.1) is 10.1 Å². The molecule has 0 N–H and O–H groups in total. The molecule has 0 aliphatic carbocycles. The standard InChI is InChI=1S/C22H23N3O9S/c1-6-34-20(26)11-24-14-9-17(32-4)18(33-5)10-19(14)35-22(24)23-21(27)12-7-15(30-2)16(31-3)8-13(12)25(28)29/h7-10H,6,11H2,1-5H3. The van der Waals surface area contributed by atoms with Crippen LogP contribution in [0.15, 0.2) is 29.3 Å². The molecule has 1 amide bonds. The van der Waals surface area contributed by atoms with Crippen LogP contribution >= 0.6 is 11.3 Å². The lowest BCUT2D eigenvalue weighted by Crippen LogP contribution is -2.23. The van der Waals surface area contributed by atoms with Gasteiger partial charge in [0.15, 0.2) is 27.8 Å². The van der Waals surface area contributed by atoms with E-state index in [0.717, 1.165) is 17.4 Å².